The molecule has 7 heteroatoms. The first kappa shape index (κ1) is 16.2. The summed E-state index contributed by atoms with van der Waals surface area (Å²) in [6.07, 6.45) is 2.34. The second-order valence-corrected chi connectivity index (χ2v) is 5.24. The molecular formula is C15H17ClN2O4. The molecular weight excluding hydrogens is 308 g/mol. The van der Waals surface area contributed by atoms with Crippen molar-refractivity contribution in [2.24, 2.45) is 0 Å². The summed E-state index contributed by atoms with van der Waals surface area (Å²) in [7, 11) is 1.51. The number of hydrogen-bond acceptors (Lipinski definition) is 4. The Balaban J connectivity index is 2.35. The standard InChI is InChI=1S/C15H17ClN2O4/c1-4-8(2)22-13-10(16)5-9(7-12(13)21-3)6-11-14(19)18-15(20)17-11/h5-8H,4H2,1-3H3,(H2,17,18,19,20). The smallest absolute Gasteiger partial charge is 0.326 e. The van der Waals surface area contributed by atoms with Crippen molar-refractivity contribution in [1.29, 1.82) is 0 Å². The Morgan fingerprint density at radius 3 is 2.59 bits per heavy atom. The largest absolute Gasteiger partial charge is 0.493 e. The molecule has 1 fully saturated rings. The second kappa shape index (κ2) is 6.70. The van der Waals surface area contributed by atoms with Gasteiger partial charge < -0.3 is 14.8 Å². The van der Waals surface area contributed by atoms with E-state index in [1.807, 2.05) is 13.8 Å². The number of imide groups is 1. The summed E-state index contributed by atoms with van der Waals surface area (Å²) < 4.78 is 11.1. The van der Waals surface area contributed by atoms with Gasteiger partial charge in [-0.1, -0.05) is 18.5 Å². The first-order valence-electron chi connectivity index (χ1n) is 6.82. The van der Waals surface area contributed by atoms with E-state index in [1.54, 1.807) is 12.1 Å². The van der Waals surface area contributed by atoms with E-state index in [0.717, 1.165) is 6.42 Å². The highest BCUT2D eigenvalue weighted by Crippen LogP contribution is 2.37. The van der Waals surface area contributed by atoms with Gasteiger partial charge >= 0.3 is 6.03 Å². The number of ether oxygens (including phenoxy) is 2. The van der Waals surface area contributed by atoms with E-state index in [0.29, 0.717) is 22.1 Å². The molecule has 0 bridgehead atoms. The van der Waals surface area contributed by atoms with Crippen LogP contribution in [0.2, 0.25) is 5.02 Å². The SMILES string of the molecule is CCC(C)Oc1c(Cl)cc(C=C2NC(=O)NC2=O)cc1OC. The molecule has 1 atom stereocenters. The fraction of sp³-hybridized carbons (Fsp3) is 0.333. The zero-order chi connectivity index (χ0) is 16.3. The Labute approximate surface area is 133 Å². The molecule has 3 amide bonds. The van der Waals surface area contributed by atoms with Crippen molar-refractivity contribution in [2.45, 2.75) is 26.4 Å². The summed E-state index contributed by atoms with van der Waals surface area (Å²) in [4.78, 5) is 22.6. The van der Waals surface area contributed by atoms with Crippen LogP contribution in [0.1, 0.15) is 25.8 Å². The number of rotatable bonds is 5. The van der Waals surface area contributed by atoms with Crippen LogP contribution >= 0.6 is 11.6 Å². The fourth-order valence-electron chi connectivity index (χ4n) is 1.87. The van der Waals surface area contributed by atoms with Gasteiger partial charge in [-0.15, -0.1) is 0 Å². The average Bonchev–Trinajstić information content (AvgIpc) is 2.79. The third kappa shape index (κ3) is 3.51. The molecule has 1 aliphatic rings. The zero-order valence-electron chi connectivity index (χ0n) is 12.5. The Bertz CT molecular complexity index is 643. The van der Waals surface area contributed by atoms with Crippen LogP contribution in [-0.2, 0) is 4.79 Å². The molecule has 1 aliphatic heterocycles. The molecule has 1 unspecified atom stereocenters. The van der Waals surface area contributed by atoms with E-state index in [-0.39, 0.29) is 11.8 Å². The number of methoxy groups -OCH3 is 1. The van der Waals surface area contributed by atoms with Crippen molar-refractivity contribution in [3.05, 3.63) is 28.4 Å². The highest BCUT2D eigenvalue weighted by atomic mass is 35.5. The number of carbonyl (C=O) groups excluding carboxylic acids is 2. The second-order valence-electron chi connectivity index (χ2n) is 4.84. The van der Waals surface area contributed by atoms with Crippen molar-refractivity contribution < 1.29 is 19.1 Å². The first-order chi connectivity index (χ1) is 10.4. The van der Waals surface area contributed by atoms with E-state index in [1.165, 1.54) is 13.2 Å². The van der Waals surface area contributed by atoms with Gasteiger partial charge in [0.1, 0.15) is 5.70 Å². The number of halogens is 1. The molecule has 22 heavy (non-hydrogen) atoms. The average molecular weight is 325 g/mol. The zero-order valence-corrected chi connectivity index (χ0v) is 13.3. The van der Waals surface area contributed by atoms with Gasteiger partial charge in [0, 0.05) is 0 Å². The lowest BCUT2D eigenvalue weighted by Gasteiger charge is -2.17. The number of nitrogens with one attached hydrogen (secondary N) is 2. The normalized spacial score (nSPS) is 17.2. The highest BCUT2D eigenvalue weighted by molar-refractivity contribution is 6.32. The van der Waals surface area contributed by atoms with Crippen molar-refractivity contribution >= 4 is 29.6 Å². The molecule has 0 radical (unpaired) electrons. The highest BCUT2D eigenvalue weighted by Gasteiger charge is 2.23. The van der Waals surface area contributed by atoms with Gasteiger partial charge in [0.2, 0.25) is 0 Å². The fourth-order valence-corrected chi connectivity index (χ4v) is 2.13. The lowest BCUT2D eigenvalue weighted by atomic mass is 10.1. The molecule has 0 spiro atoms. The van der Waals surface area contributed by atoms with Gasteiger partial charge in [0.25, 0.3) is 5.91 Å². The van der Waals surface area contributed by atoms with Gasteiger partial charge in [-0.25, -0.2) is 4.79 Å². The lowest BCUT2D eigenvalue weighted by molar-refractivity contribution is -0.115. The predicted molar refractivity (Wildman–Crippen MR) is 83.0 cm³/mol. The lowest BCUT2D eigenvalue weighted by Crippen LogP contribution is -2.22. The minimum atomic E-state index is -0.550. The molecule has 118 valence electrons. The molecule has 1 aromatic carbocycles. The summed E-state index contributed by atoms with van der Waals surface area (Å²) in [5.74, 6) is 0.435. The van der Waals surface area contributed by atoms with Gasteiger partial charge in [-0.2, -0.15) is 0 Å². The van der Waals surface area contributed by atoms with Gasteiger partial charge in [0.15, 0.2) is 11.5 Å². The van der Waals surface area contributed by atoms with E-state index in [4.69, 9.17) is 21.1 Å². The van der Waals surface area contributed by atoms with Crippen LogP contribution in [0.3, 0.4) is 0 Å². The van der Waals surface area contributed by atoms with Crippen LogP contribution in [0.5, 0.6) is 11.5 Å². The minimum Gasteiger partial charge on any atom is -0.493 e. The van der Waals surface area contributed by atoms with E-state index >= 15 is 0 Å². The molecule has 2 rings (SSSR count). The molecule has 6 nitrogen and oxygen atoms in total. The molecule has 0 aliphatic carbocycles. The summed E-state index contributed by atoms with van der Waals surface area (Å²) >= 11 is 6.24. The van der Waals surface area contributed by atoms with Crippen LogP contribution < -0.4 is 20.1 Å². The Hall–Kier alpha value is -2.21. The number of benzene rings is 1. The maximum atomic E-state index is 11.5. The first-order valence-corrected chi connectivity index (χ1v) is 7.20. The maximum Gasteiger partial charge on any atom is 0.326 e. The topological polar surface area (TPSA) is 76.7 Å². The predicted octanol–water partition coefficient (Wildman–Crippen LogP) is 2.71. The van der Waals surface area contributed by atoms with E-state index in [2.05, 4.69) is 10.6 Å². The van der Waals surface area contributed by atoms with Crippen LogP contribution in [-0.4, -0.2) is 25.2 Å². The summed E-state index contributed by atoms with van der Waals surface area (Å²) in [6, 6.07) is 2.78. The monoisotopic (exact) mass is 324 g/mol. The Morgan fingerprint density at radius 2 is 2.05 bits per heavy atom. The van der Waals surface area contributed by atoms with Crippen LogP contribution in [0, 0.1) is 0 Å². The van der Waals surface area contributed by atoms with Crippen LogP contribution in [0.25, 0.3) is 6.08 Å². The molecule has 1 aromatic rings. The number of amides is 3. The number of urea groups is 1. The molecule has 0 aromatic heterocycles. The van der Waals surface area contributed by atoms with Crippen LogP contribution in [0.15, 0.2) is 17.8 Å². The van der Waals surface area contributed by atoms with Crippen LogP contribution in [0.4, 0.5) is 4.79 Å². The summed E-state index contributed by atoms with van der Waals surface area (Å²) in [6.45, 7) is 3.94. The van der Waals surface area contributed by atoms with Gasteiger partial charge in [-0.05, 0) is 37.1 Å². The van der Waals surface area contributed by atoms with Crippen molar-refractivity contribution in [3.63, 3.8) is 0 Å². The van der Waals surface area contributed by atoms with Crippen molar-refractivity contribution in [1.82, 2.24) is 10.6 Å². The summed E-state index contributed by atoms with van der Waals surface area (Å²) in [5.41, 5.74) is 0.768. The third-order valence-corrected chi connectivity index (χ3v) is 3.46. The van der Waals surface area contributed by atoms with Gasteiger partial charge in [-0.3, -0.25) is 10.1 Å². The van der Waals surface area contributed by atoms with E-state index in [9.17, 15) is 9.59 Å². The summed E-state index contributed by atoms with van der Waals surface area (Å²) in [5, 5.41) is 4.91. The van der Waals surface area contributed by atoms with Gasteiger partial charge in [0.05, 0.1) is 18.2 Å². The Kier molecular flexibility index (Phi) is 4.92. The van der Waals surface area contributed by atoms with E-state index < -0.39 is 11.9 Å². The molecule has 1 heterocycles. The van der Waals surface area contributed by atoms with Crippen molar-refractivity contribution in [2.75, 3.05) is 7.11 Å². The number of carbonyl (C=O) groups is 2. The third-order valence-electron chi connectivity index (χ3n) is 3.18. The minimum absolute atomic E-state index is 0.00416. The molecule has 2 N–H and O–H groups in total. The Morgan fingerprint density at radius 1 is 1.32 bits per heavy atom. The molecule has 0 saturated carbocycles. The van der Waals surface area contributed by atoms with Crippen molar-refractivity contribution in [3.8, 4) is 11.5 Å². The quantitative estimate of drug-likeness (QED) is 0.645. The maximum absolute atomic E-state index is 11.5. The molecule has 1 saturated heterocycles. The number of hydrogen-bond donors (Lipinski definition) is 2.